The van der Waals surface area contributed by atoms with Crippen molar-refractivity contribution in [2.45, 2.75) is 25.3 Å². The molecule has 1 aliphatic heterocycles. The van der Waals surface area contributed by atoms with E-state index in [1.807, 2.05) is 0 Å². The van der Waals surface area contributed by atoms with Crippen molar-refractivity contribution in [3.63, 3.8) is 0 Å². The zero-order chi connectivity index (χ0) is 20.3. The Hall–Kier alpha value is -2.59. The predicted octanol–water partition coefficient (Wildman–Crippen LogP) is 0.779. The van der Waals surface area contributed by atoms with Gasteiger partial charge in [0, 0.05) is 35.9 Å². The van der Waals surface area contributed by atoms with E-state index in [9.17, 15) is 23.2 Å². The van der Waals surface area contributed by atoms with Gasteiger partial charge in [-0.05, 0) is 31.0 Å². The molecule has 0 spiro atoms. The van der Waals surface area contributed by atoms with E-state index in [2.05, 4.69) is 10.6 Å². The molecule has 0 unspecified atom stereocenters. The maximum absolute atomic E-state index is 13.6. The summed E-state index contributed by atoms with van der Waals surface area (Å²) < 4.78 is 32.1. The average Bonchev–Trinajstić information content (AvgIpc) is 3.52. The van der Waals surface area contributed by atoms with Crippen LogP contribution in [0.25, 0.3) is 0 Å². The van der Waals surface area contributed by atoms with Gasteiger partial charge in [0.15, 0.2) is 0 Å². The second kappa shape index (κ2) is 8.61. The quantitative estimate of drug-likeness (QED) is 0.630. The molecular weight excluding hydrogens is 374 g/mol. The highest BCUT2D eigenvalue weighted by molar-refractivity contribution is 5.99. The Labute approximate surface area is 160 Å². The summed E-state index contributed by atoms with van der Waals surface area (Å²) in [5, 5.41) is 4.94. The Bertz CT molecular complexity index is 770. The normalized spacial score (nSPS) is 18.1. The number of amides is 3. The lowest BCUT2D eigenvalue weighted by atomic mass is 10.1. The molecule has 1 atom stereocenters. The zero-order valence-corrected chi connectivity index (χ0v) is 15.1. The van der Waals surface area contributed by atoms with E-state index in [0.29, 0.717) is 12.3 Å². The number of morpholine rings is 1. The zero-order valence-electron chi connectivity index (χ0n) is 15.1. The lowest BCUT2D eigenvalue weighted by molar-refractivity contribution is -0.127. The van der Waals surface area contributed by atoms with Crippen LogP contribution in [0.1, 0.15) is 24.8 Å². The van der Waals surface area contributed by atoms with Gasteiger partial charge in [0.05, 0.1) is 6.61 Å². The van der Waals surface area contributed by atoms with Crippen molar-refractivity contribution in [3.8, 4) is 0 Å². The molecule has 4 N–H and O–H groups in total. The van der Waals surface area contributed by atoms with Gasteiger partial charge in [-0.3, -0.25) is 14.4 Å². The molecule has 1 aromatic carbocycles. The number of nitrogens with one attached hydrogen (secondary N) is 2. The van der Waals surface area contributed by atoms with Crippen LogP contribution in [0, 0.1) is 5.92 Å². The summed E-state index contributed by atoms with van der Waals surface area (Å²) in [6, 6.07) is 2.95. The van der Waals surface area contributed by atoms with Crippen molar-refractivity contribution in [1.29, 1.82) is 0 Å². The molecule has 3 amide bonds. The topological polar surface area (TPSA) is 114 Å². The van der Waals surface area contributed by atoms with Gasteiger partial charge in [0.1, 0.15) is 12.6 Å². The number of alkyl halides is 2. The Morgan fingerprint density at radius 2 is 2.07 bits per heavy atom. The van der Waals surface area contributed by atoms with Crippen LogP contribution in [-0.4, -0.2) is 50.1 Å². The first-order valence-corrected chi connectivity index (χ1v) is 9.02. The molecule has 0 bridgehead atoms. The molecule has 2 aliphatic rings. The lowest BCUT2D eigenvalue weighted by Crippen LogP contribution is -2.49. The molecule has 1 saturated carbocycles. The standard InChI is InChI=1S/C18H22F2N4O4/c19-16(20)12-7-11(24-5-6-28-9-15(24)25)3-4-13(12)22-18(27)14(8-21)23-17(26)10-1-2-10/h3-4,7,10,14,16H,1-2,5-6,8-9,21H2,(H,22,27)(H,23,26)/t14-/m0/s1. The average molecular weight is 396 g/mol. The SMILES string of the molecule is NC[C@H](NC(=O)C1CC1)C(=O)Nc1ccc(N2CCOCC2=O)cc1C(F)F. The fourth-order valence-corrected chi connectivity index (χ4v) is 2.89. The highest BCUT2D eigenvalue weighted by Crippen LogP contribution is 2.32. The maximum Gasteiger partial charge on any atom is 0.265 e. The molecular formula is C18H22F2N4O4. The minimum absolute atomic E-state index is 0.0939. The molecule has 0 aromatic heterocycles. The number of benzene rings is 1. The van der Waals surface area contributed by atoms with Gasteiger partial charge in [-0.25, -0.2) is 8.78 Å². The first kappa shape index (κ1) is 20.2. The van der Waals surface area contributed by atoms with Crippen LogP contribution in [0.3, 0.4) is 0 Å². The number of hydrogen-bond donors (Lipinski definition) is 3. The second-order valence-electron chi connectivity index (χ2n) is 6.73. The summed E-state index contributed by atoms with van der Waals surface area (Å²) in [6.07, 6.45) is -1.34. The number of ether oxygens (including phenoxy) is 1. The Morgan fingerprint density at radius 3 is 2.68 bits per heavy atom. The number of nitrogens with zero attached hydrogens (tertiary/aromatic N) is 1. The smallest absolute Gasteiger partial charge is 0.265 e. The summed E-state index contributed by atoms with van der Waals surface area (Å²) in [6.45, 7) is 0.304. The predicted molar refractivity (Wildman–Crippen MR) is 96.9 cm³/mol. The Morgan fingerprint density at radius 1 is 1.32 bits per heavy atom. The van der Waals surface area contributed by atoms with Gasteiger partial charge < -0.3 is 26.0 Å². The number of anilines is 2. The molecule has 1 saturated heterocycles. The molecule has 3 rings (SSSR count). The van der Waals surface area contributed by atoms with Gasteiger partial charge in [-0.15, -0.1) is 0 Å². The lowest BCUT2D eigenvalue weighted by Gasteiger charge is -2.27. The third-order valence-corrected chi connectivity index (χ3v) is 4.64. The van der Waals surface area contributed by atoms with E-state index in [1.165, 1.54) is 23.1 Å². The fourth-order valence-electron chi connectivity index (χ4n) is 2.89. The van der Waals surface area contributed by atoms with Crippen molar-refractivity contribution in [2.24, 2.45) is 11.7 Å². The molecule has 152 valence electrons. The van der Waals surface area contributed by atoms with Crippen molar-refractivity contribution in [2.75, 3.05) is 36.5 Å². The Balaban J connectivity index is 1.75. The van der Waals surface area contributed by atoms with E-state index in [1.54, 1.807) is 0 Å². The number of carbonyl (C=O) groups is 3. The number of halogens is 2. The van der Waals surface area contributed by atoms with Crippen LogP contribution in [0.2, 0.25) is 0 Å². The van der Waals surface area contributed by atoms with Gasteiger partial charge in [0.2, 0.25) is 11.8 Å². The number of hydrogen-bond acceptors (Lipinski definition) is 5. The van der Waals surface area contributed by atoms with Crippen molar-refractivity contribution < 1.29 is 27.9 Å². The number of nitrogens with two attached hydrogens (primary N) is 1. The van der Waals surface area contributed by atoms with E-state index in [-0.39, 0.29) is 43.1 Å². The summed E-state index contributed by atoms with van der Waals surface area (Å²) in [7, 11) is 0. The van der Waals surface area contributed by atoms with E-state index < -0.39 is 23.9 Å². The molecule has 1 aromatic rings. The third-order valence-electron chi connectivity index (χ3n) is 4.64. The van der Waals surface area contributed by atoms with Crippen molar-refractivity contribution in [1.82, 2.24) is 5.32 Å². The monoisotopic (exact) mass is 396 g/mol. The van der Waals surface area contributed by atoms with E-state index in [0.717, 1.165) is 12.8 Å². The molecule has 1 aliphatic carbocycles. The summed E-state index contributed by atoms with van der Waals surface area (Å²) in [4.78, 5) is 37.5. The van der Waals surface area contributed by atoms with Gasteiger partial charge in [-0.2, -0.15) is 0 Å². The van der Waals surface area contributed by atoms with Crippen LogP contribution < -0.4 is 21.3 Å². The van der Waals surface area contributed by atoms with Crippen LogP contribution in [0.15, 0.2) is 18.2 Å². The minimum Gasteiger partial charge on any atom is -0.370 e. The molecule has 28 heavy (non-hydrogen) atoms. The van der Waals surface area contributed by atoms with Crippen LogP contribution >= 0.6 is 0 Å². The highest BCUT2D eigenvalue weighted by Gasteiger charge is 2.32. The molecule has 10 heteroatoms. The van der Waals surface area contributed by atoms with Gasteiger partial charge >= 0.3 is 0 Å². The molecule has 0 radical (unpaired) electrons. The van der Waals surface area contributed by atoms with E-state index in [4.69, 9.17) is 10.5 Å². The van der Waals surface area contributed by atoms with Crippen molar-refractivity contribution >= 4 is 29.1 Å². The molecule has 1 heterocycles. The first-order valence-electron chi connectivity index (χ1n) is 9.02. The highest BCUT2D eigenvalue weighted by atomic mass is 19.3. The summed E-state index contributed by atoms with van der Waals surface area (Å²) in [5.74, 6) is -1.37. The Kier molecular flexibility index (Phi) is 6.20. The second-order valence-corrected chi connectivity index (χ2v) is 6.73. The first-order chi connectivity index (χ1) is 13.4. The fraction of sp³-hybridized carbons (Fsp3) is 0.500. The van der Waals surface area contributed by atoms with Crippen molar-refractivity contribution in [3.05, 3.63) is 23.8 Å². The van der Waals surface area contributed by atoms with Crippen LogP contribution in [0.4, 0.5) is 20.2 Å². The van der Waals surface area contributed by atoms with Gasteiger partial charge in [-0.1, -0.05) is 0 Å². The molecule has 2 fully saturated rings. The van der Waals surface area contributed by atoms with Crippen LogP contribution in [0.5, 0.6) is 0 Å². The number of rotatable bonds is 7. The third kappa shape index (κ3) is 4.63. The molecule has 8 nitrogen and oxygen atoms in total. The van der Waals surface area contributed by atoms with E-state index >= 15 is 0 Å². The summed E-state index contributed by atoms with van der Waals surface area (Å²) >= 11 is 0. The maximum atomic E-state index is 13.6. The number of carbonyl (C=O) groups excluding carboxylic acids is 3. The van der Waals surface area contributed by atoms with Crippen LogP contribution in [-0.2, 0) is 19.1 Å². The summed E-state index contributed by atoms with van der Waals surface area (Å²) in [5.41, 5.74) is 5.34. The minimum atomic E-state index is -2.87. The largest absolute Gasteiger partial charge is 0.370 e. The van der Waals surface area contributed by atoms with Gasteiger partial charge in [0.25, 0.3) is 12.3 Å².